The van der Waals surface area contributed by atoms with Crippen LogP contribution in [0.5, 0.6) is 0 Å². The fourth-order valence-corrected chi connectivity index (χ4v) is 6.20. The Hall–Kier alpha value is -2.55. The monoisotopic (exact) mass is 465 g/mol. The van der Waals surface area contributed by atoms with Crippen LogP contribution in [0.3, 0.4) is 0 Å². The SMILES string of the molecule is Cc1cc(C)c(NC(=O)CNc2nc(CN3CCOCC3)nc3sc4c(c23)CCC4)c(C)c1. The molecule has 2 N–H and O–H groups in total. The first kappa shape index (κ1) is 22.3. The second-order valence-electron chi connectivity index (χ2n) is 9.09. The first-order valence-corrected chi connectivity index (χ1v) is 12.5. The summed E-state index contributed by atoms with van der Waals surface area (Å²) in [5.41, 5.74) is 5.61. The van der Waals surface area contributed by atoms with E-state index in [2.05, 4.69) is 34.6 Å². The third-order valence-corrected chi connectivity index (χ3v) is 7.62. The van der Waals surface area contributed by atoms with Gasteiger partial charge >= 0.3 is 0 Å². The van der Waals surface area contributed by atoms with Gasteiger partial charge in [0.25, 0.3) is 0 Å². The smallest absolute Gasteiger partial charge is 0.243 e. The Morgan fingerprint density at radius 1 is 1.12 bits per heavy atom. The number of carbonyl (C=O) groups excluding carboxylic acids is 1. The second-order valence-corrected chi connectivity index (χ2v) is 10.2. The summed E-state index contributed by atoms with van der Waals surface area (Å²) in [6, 6.07) is 4.19. The number of hydrogen-bond donors (Lipinski definition) is 2. The van der Waals surface area contributed by atoms with Crippen molar-refractivity contribution in [1.29, 1.82) is 0 Å². The van der Waals surface area contributed by atoms with Crippen molar-refractivity contribution in [2.24, 2.45) is 0 Å². The minimum atomic E-state index is -0.0709. The summed E-state index contributed by atoms with van der Waals surface area (Å²) in [4.78, 5) is 27.4. The molecule has 0 radical (unpaired) electrons. The molecule has 7 nitrogen and oxygen atoms in total. The number of nitrogens with one attached hydrogen (secondary N) is 2. The first-order chi connectivity index (χ1) is 16.0. The minimum absolute atomic E-state index is 0.0709. The van der Waals surface area contributed by atoms with Gasteiger partial charge in [0.2, 0.25) is 5.91 Å². The van der Waals surface area contributed by atoms with Gasteiger partial charge in [-0.25, -0.2) is 9.97 Å². The Morgan fingerprint density at radius 3 is 2.64 bits per heavy atom. The Balaban J connectivity index is 1.37. The molecule has 2 aromatic heterocycles. The average Bonchev–Trinajstić information content (AvgIpc) is 3.36. The Labute approximate surface area is 198 Å². The van der Waals surface area contributed by atoms with Crippen LogP contribution < -0.4 is 10.6 Å². The third kappa shape index (κ3) is 4.74. The number of aromatic nitrogens is 2. The number of amides is 1. The van der Waals surface area contributed by atoms with E-state index < -0.39 is 0 Å². The largest absolute Gasteiger partial charge is 0.379 e. The number of ether oxygens (including phenoxy) is 1. The second kappa shape index (κ2) is 9.37. The highest BCUT2D eigenvalue weighted by molar-refractivity contribution is 7.19. The van der Waals surface area contributed by atoms with Gasteiger partial charge in [0.15, 0.2) is 0 Å². The van der Waals surface area contributed by atoms with Gasteiger partial charge in [0, 0.05) is 23.7 Å². The Kier molecular flexibility index (Phi) is 6.32. The molecule has 0 unspecified atom stereocenters. The van der Waals surface area contributed by atoms with Crippen molar-refractivity contribution >= 4 is 39.0 Å². The van der Waals surface area contributed by atoms with Crippen LogP contribution in [0.1, 0.15) is 39.4 Å². The quantitative estimate of drug-likeness (QED) is 0.573. The van der Waals surface area contributed by atoms with Crippen LogP contribution >= 0.6 is 11.3 Å². The molecule has 8 heteroatoms. The van der Waals surface area contributed by atoms with E-state index in [9.17, 15) is 4.79 Å². The lowest BCUT2D eigenvalue weighted by molar-refractivity contribution is -0.114. The molecule has 1 aromatic carbocycles. The highest BCUT2D eigenvalue weighted by atomic mass is 32.1. The molecule has 3 heterocycles. The number of hydrogen-bond acceptors (Lipinski definition) is 7. The number of fused-ring (bicyclic) bond motifs is 3. The molecule has 0 atom stereocenters. The molecule has 0 spiro atoms. The molecule has 0 saturated carbocycles. The predicted molar refractivity (Wildman–Crippen MR) is 133 cm³/mol. The average molecular weight is 466 g/mol. The molecular weight excluding hydrogens is 434 g/mol. The van der Waals surface area contributed by atoms with Crippen molar-refractivity contribution in [2.45, 2.75) is 46.6 Å². The standard InChI is InChI=1S/C25H31N5O2S/c1-15-11-16(2)23(17(3)12-15)29-21(31)13-26-24-22-18-5-4-6-19(18)33-25(22)28-20(27-24)14-30-7-9-32-10-8-30/h11-12H,4-10,13-14H2,1-3H3,(H,29,31)(H,26,27,28). The number of nitrogens with zero attached hydrogens (tertiary/aromatic N) is 3. The fraction of sp³-hybridized carbons (Fsp3) is 0.480. The molecule has 5 rings (SSSR count). The van der Waals surface area contributed by atoms with Crippen molar-refractivity contribution in [3.8, 4) is 0 Å². The van der Waals surface area contributed by atoms with Gasteiger partial charge < -0.3 is 15.4 Å². The van der Waals surface area contributed by atoms with Gasteiger partial charge in [-0.3, -0.25) is 9.69 Å². The molecule has 2 aliphatic rings. The van der Waals surface area contributed by atoms with Gasteiger partial charge in [-0.2, -0.15) is 0 Å². The van der Waals surface area contributed by atoms with Crippen molar-refractivity contribution in [2.75, 3.05) is 43.5 Å². The molecule has 1 aliphatic heterocycles. The molecule has 1 amide bonds. The van der Waals surface area contributed by atoms with Crippen LogP contribution in [0.15, 0.2) is 12.1 Å². The van der Waals surface area contributed by atoms with Crippen LogP contribution in [-0.4, -0.2) is 53.6 Å². The lowest BCUT2D eigenvalue weighted by Gasteiger charge is -2.25. The highest BCUT2D eigenvalue weighted by Gasteiger charge is 2.23. The van der Waals surface area contributed by atoms with Crippen molar-refractivity contribution < 1.29 is 9.53 Å². The van der Waals surface area contributed by atoms with E-state index in [1.165, 1.54) is 22.4 Å². The van der Waals surface area contributed by atoms with E-state index >= 15 is 0 Å². The van der Waals surface area contributed by atoms with Gasteiger partial charge in [0.1, 0.15) is 16.5 Å². The summed E-state index contributed by atoms with van der Waals surface area (Å²) in [7, 11) is 0. The van der Waals surface area contributed by atoms with Gasteiger partial charge in [-0.15, -0.1) is 11.3 Å². The molecular formula is C25H31N5O2S. The molecule has 0 bridgehead atoms. The van der Waals surface area contributed by atoms with Crippen LogP contribution in [-0.2, 0) is 28.9 Å². The number of morpholine rings is 1. The fourth-order valence-electron chi connectivity index (χ4n) is 4.92. The van der Waals surface area contributed by atoms with E-state index in [1.807, 2.05) is 13.8 Å². The summed E-state index contributed by atoms with van der Waals surface area (Å²) in [6.45, 7) is 10.3. The summed E-state index contributed by atoms with van der Waals surface area (Å²) < 4.78 is 5.47. The van der Waals surface area contributed by atoms with Crippen molar-refractivity contribution in [3.05, 3.63) is 45.1 Å². The maximum atomic E-state index is 12.8. The topological polar surface area (TPSA) is 79.4 Å². The zero-order chi connectivity index (χ0) is 22.9. The molecule has 33 heavy (non-hydrogen) atoms. The third-order valence-electron chi connectivity index (χ3n) is 6.44. The zero-order valence-electron chi connectivity index (χ0n) is 19.6. The highest BCUT2D eigenvalue weighted by Crippen LogP contribution is 2.39. The number of aryl methyl sites for hydroxylation is 5. The maximum Gasteiger partial charge on any atom is 0.243 e. The van der Waals surface area contributed by atoms with Crippen LogP contribution in [0.25, 0.3) is 10.2 Å². The normalized spacial score (nSPS) is 16.2. The van der Waals surface area contributed by atoms with Gasteiger partial charge in [0.05, 0.1) is 31.7 Å². The minimum Gasteiger partial charge on any atom is -0.379 e. The summed E-state index contributed by atoms with van der Waals surface area (Å²) in [5.74, 6) is 1.52. The van der Waals surface area contributed by atoms with E-state index in [0.29, 0.717) is 6.54 Å². The Morgan fingerprint density at radius 2 is 1.88 bits per heavy atom. The molecule has 1 fully saturated rings. The number of carbonyl (C=O) groups is 1. The van der Waals surface area contributed by atoms with Gasteiger partial charge in [-0.1, -0.05) is 17.7 Å². The molecule has 1 saturated heterocycles. The van der Waals surface area contributed by atoms with Crippen molar-refractivity contribution in [3.63, 3.8) is 0 Å². The van der Waals surface area contributed by atoms with E-state index in [0.717, 1.165) is 77.8 Å². The van der Waals surface area contributed by atoms with Crippen LogP contribution in [0.4, 0.5) is 11.5 Å². The number of benzene rings is 1. The first-order valence-electron chi connectivity index (χ1n) is 11.7. The Bertz CT molecular complexity index is 1180. The maximum absolute atomic E-state index is 12.8. The van der Waals surface area contributed by atoms with Crippen molar-refractivity contribution in [1.82, 2.24) is 14.9 Å². The lowest BCUT2D eigenvalue weighted by Crippen LogP contribution is -2.36. The van der Waals surface area contributed by atoms with Crippen LogP contribution in [0.2, 0.25) is 0 Å². The zero-order valence-corrected chi connectivity index (χ0v) is 20.4. The number of thiophene rings is 1. The van der Waals surface area contributed by atoms with E-state index in [4.69, 9.17) is 14.7 Å². The number of rotatable bonds is 6. The molecule has 174 valence electrons. The molecule has 1 aliphatic carbocycles. The summed E-state index contributed by atoms with van der Waals surface area (Å²) in [6.07, 6.45) is 3.35. The van der Waals surface area contributed by atoms with Gasteiger partial charge in [-0.05, 0) is 56.7 Å². The molecule has 3 aromatic rings. The lowest BCUT2D eigenvalue weighted by atomic mass is 10.1. The summed E-state index contributed by atoms with van der Waals surface area (Å²) in [5, 5.41) is 7.54. The predicted octanol–water partition coefficient (Wildman–Crippen LogP) is 3.99. The van der Waals surface area contributed by atoms with Crippen LogP contribution in [0, 0.1) is 20.8 Å². The van der Waals surface area contributed by atoms with E-state index in [1.54, 1.807) is 11.3 Å². The van der Waals surface area contributed by atoms with E-state index in [-0.39, 0.29) is 12.5 Å². The summed E-state index contributed by atoms with van der Waals surface area (Å²) >= 11 is 1.78. The number of anilines is 2.